The highest BCUT2D eigenvalue weighted by atomic mass is 32.2. The first kappa shape index (κ1) is 20.6. The van der Waals surface area contributed by atoms with E-state index in [1.165, 1.54) is 50.6 Å². The summed E-state index contributed by atoms with van der Waals surface area (Å²) in [6.07, 6.45) is 0. The lowest BCUT2D eigenvalue weighted by Crippen LogP contribution is -2.23. The number of nitrogens with one attached hydrogen (secondary N) is 2. The van der Waals surface area contributed by atoms with Gasteiger partial charge in [-0.2, -0.15) is 8.78 Å². The second kappa shape index (κ2) is 8.78. The quantitative estimate of drug-likeness (QED) is 0.708. The van der Waals surface area contributed by atoms with Gasteiger partial charge < -0.3 is 14.8 Å². The fourth-order valence-electron chi connectivity index (χ4n) is 2.21. The summed E-state index contributed by atoms with van der Waals surface area (Å²) < 4.78 is 59.7. The van der Waals surface area contributed by atoms with Crippen LogP contribution in [-0.2, 0) is 16.6 Å². The molecular weight excluding hydrogens is 382 g/mol. The number of amides is 1. The maximum Gasteiger partial charge on any atom is 0.387 e. The van der Waals surface area contributed by atoms with Crippen molar-refractivity contribution in [2.45, 2.75) is 18.1 Å². The van der Waals surface area contributed by atoms with Gasteiger partial charge in [0.2, 0.25) is 10.0 Å². The second-order valence-corrected chi connectivity index (χ2v) is 7.16. The lowest BCUT2D eigenvalue weighted by Gasteiger charge is -2.12. The number of methoxy groups -OCH3 is 1. The Morgan fingerprint density at radius 1 is 1.11 bits per heavy atom. The molecule has 0 saturated heterocycles. The number of sulfonamides is 1. The van der Waals surface area contributed by atoms with Crippen molar-refractivity contribution in [3.8, 4) is 11.5 Å². The molecule has 27 heavy (non-hydrogen) atoms. The Morgan fingerprint density at radius 2 is 1.78 bits per heavy atom. The Kier molecular flexibility index (Phi) is 6.70. The summed E-state index contributed by atoms with van der Waals surface area (Å²) in [7, 11) is -0.971. The van der Waals surface area contributed by atoms with Gasteiger partial charge in [-0.3, -0.25) is 4.79 Å². The number of ether oxygens (including phenoxy) is 2. The smallest absolute Gasteiger partial charge is 0.387 e. The molecule has 7 nitrogen and oxygen atoms in total. The number of alkyl halides is 2. The van der Waals surface area contributed by atoms with E-state index in [1.807, 2.05) is 0 Å². The first-order valence-corrected chi connectivity index (χ1v) is 9.18. The van der Waals surface area contributed by atoms with Gasteiger partial charge in [-0.1, -0.05) is 6.07 Å². The molecule has 2 rings (SSSR count). The SMILES string of the molecule is CNS(=O)(=O)c1ccc(C(=O)NCc2ccc(OC)c(OC(F)F)c2)cc1. The van der Waals surface area contributed by atoms with Crippen molar-refractivity contribution in [1.82, 2.24) is 10.0 Å². The molecule has 0 aromatic heterocycles. The summed E-state index contributed by atoms with van der Waals surface area (Å²) in [5.41, 5.74) is 0.775. The van der Waals surface area contributed by atoms with Crippen LogP contribution in [0.3, 0.4) is 0 Å². The standard InChI is InChI=1S/C17H18F2N2O5S/c1-20-27(23,24)13-6-4-12(5-7-13)16(22)21-10-11-3-8-14(25-2)15(9-11)26-17(18)19/h3-9,17,20H,10H2,1-2H3,(H,21,22). The van der Waals surface area contributed by atoms with Gasteiger partial charge in [0.05, 0.1) is 12.0 Å². The Labute approximate surface area is 155 Å². The van der Waals surface area contributed by atoms with Gasteiger partial charge in [-0.25, -0.2) is 13.1 Å². The van der Waals surface area contributed by atoms with Crippen LogP contribution < -0.4 is 19.5 Å². The van der Waals surface area contributed by atoms with Crippen molar-refractivity contribution in [1.29, 1.82) is 0 Å². The average Bonchev–Trinajstić information content (AvgIpc) is 2.66. The van der Waals surface area contributed by atoms with Gasteiger partial charge in [0.25, 0.3) is 5.91 Å². The van der Waals surface area contributed by atoms with Crippen LogP contribution in [0.25, 0.3) is 0 Å². The van der Waals surface area contributed by atoms with Gasteiger partial charge in [0, 0.05) is 12.1 Å². The third-order valence-electron chi connectivity index (χ3n) is 3.59. The molecule has 0 atom stereocenters. The summed E-state index contributed by atoms with van der Waals surface area (Å²) in [6, 6.07) is 9.76. The van der Waals surface area contributed by atoms with Gasteiger partial charge in [0.15, 0.2) is 11.5 Å². The lowest BCUT2D eigenvalue weighted by molar-refractivity contribution is -0.0512. The van der Waals surface area contributed by atoms with Gasteiger partial charge >= 0.3 is 6.61 Å². The highest BCUT2D eigenvalue weighted by molar-refractivity contribution is 7.89. The van der Waals surface area contributed by atoms with Crippen molar-refractivity contribution < 1.29 is 31.5 Å². The number of benzene rings is 2. The summed E-state index contributed by atoms with van der Waals surface area (Å²) in [4.78, 5) is 12.2. The third kappa shape index (κ3) is 5.38. The predicted molar refractivity (Wildman–Crippen MR) is 93.5 cm³/mol. The first-order chi connectivity index (χ1) is 12.8. The molecule has 0 heterocycles. The zero-order chi connectivity index (χ0) is 20.0. The molecule has 2 N–H and O–H groups in total. The molecule has 0 aliphatic rings. The Bertz CT molecular complexity index is 902. The fraction of sp³-hybridized carbons (Fsp3) is 0.235. The van der Waals surface area contributed by atoms with Crippen LogP contribution in [0, 0.1) is 0 Å². The molecule has 0 bridgehead atoms. The maximum atomic E-state index is 12.5. The summed E-state index contributed by atoms with van der Waals surface area (Å²) in [5.74, 6) is -0.442. The third-order valence-corrected chi connectivity index (χ3v) is 5.02. The largest absolute Gasteiger partial charge is 0.493 e. The second-order valence-electron chi connectivity index (χ2n) is 5.28. The van der Waals surface area contributed by atoms with Crippen LogP contribution in [0.2, 0.25) is 0 Å². The van der Waals surface area contributed by atoms with Gasteiger partial charge in [-0.05, 0) is 49.0 Å². The van der Waals surface area contributed by atoms with Crippen LogP contribution in [0.15, 0.2) is 47.4 Å². The van der Waals surface area contributed by atoms with Crippen molar-refractivity contribution in [3.05, 3.63) is 53.6 Å². The molecule has 146 valence electrons. The van der Waals surface area contributed by atoms with E-state index in [4.69, 9.17) is 4.74 Å². The molecule has 0 aliphatic heterocycles. The van der Waals surface area contributed by atoms with E-state index in [-0.39, 0.29) is 28.5 Å². The molecule has 0 fully saturated rings. The molecule has 0 radical (unpaired) electrons. The topological polar surface area (TPSA) is 93.7 Å². The number of carbonyl (C=O) groups is 1. The van der Waals surface area contributed by atoms with Gasteiger partial charge in [0.1, 0.15) is 0 Å². The van der Waals surface area contributed by atoms with Crippen LogP contribution >= 0.6 is 0 Å². The Hall–Kier alpha value is -2.72. The van der Waals surface area contributed by atoms with E-state index in [1.54, 1.807) is 6.07 Å². The summed E-state index contributed by atoms with van der Waals surface area (Å²) in [6.45, 7) is -2.95. The molecule has 0 aliphatic carbocycles. The normalized spacial score (nSPS) is 11.3. The van der Waals surface area contributed by atoms with Crippen LogP contribution in [0.4, 0.5) is 8.78 Å². The van der Waals surface area contributed by atoms with E-state index in [2.05, 4.69) is 14.8 Å². The molecule has 2 aromatic carbocycles. The average molecular weight is 400 g/mol. The Morgan fingerprint density at radius 3 is 2.33 bits per heavy atom. The number of carbonyl (C=O) groups excluding carboxylic acids is 1. The van der Waals surface area contributed by atoms with Crippen molar-refractivity contribution in [3.63, 3.8) is 0 Å². The van der Waals surface area contributed by atoms with Crippen molar-refractivity contribution >= 4 is 15.9 Å². The number of hydrogen-bond acceptors (Lipinski definition) is 5. The number of halogens is 2. The molecule has 2 aromatic rings. The van der Waals surface area contributed by atoms with E-state index in [0.29, 0.717) is 5.56 Å². The van der Waals surface area contributed by atoms with Crippen LogP contribution in [-0.4, -0.2) is 35.1 Å². The van der Waals surface area contributed by atoms with Gasteiger partial charge in [-0.15, -0.1) is 0 Å². The minimum absolute atomic E-state index is 0.0329. The Balaban J connectivity index is 2.07. The molecule has 1 amide bonds. The van der Waals surface area contributed by atoms with Crippen LogP contribution in [0.5, 0.6) is 11.5 Å². The lowest BCUT2D eigenvalue weighted by atomic mass is 10.1. The molecule has 0 unspecified atom stereocenters. The van der Waals surface area contributed by atoms with Crippen molar-refractivity contribution in [2.75, 3.05) is 14.2 Å². The van der Waals surface area contributed by atoms with E-state index >= 15 is 0 Å². The van der Waals surface area contributed by atoms with E-state index in [0.717, 1.165) is 0 Å². The summed E-state index contributed by atoms with van der Waals surface area (Å²) >= 11 is 0. The summed E-state index contributed by atoms with van der Waals surface area (Å²) in [5, 5.41) is 2.62. The number of rotatable bonds is 8. The molecule has 0 saturated carbocycles. The molecule has 0 spiro atoms. The van der Waals surface area contributed by atoms with E-state index in [9.17, 15) is 22.0 Å². The monoisotopic (exact) mass is 400 g/mol. The zero-order valence-corrected chi connectivity index (χ0v) is 15.3. The maximum absolute atomic E-state index is 12.5. The van der Waals surface area contributed by atoms with Crippen molar-refractivity contribution in [2.24, 2.45) is 0 Å². The van der Waals surface area contributed by atoms with Crippen LogP contribution in [0.1, 0.15) is 15.9 Å². The fourth-order valence-corrected chi connectivity index (χ4v) is 2.94. The number of hydrogen-bond donors (Lipinski definition) is 2. The minimum Gasteiger partial charge on any atom is -0.493 e. The zero-order valence-electron chi connectivity index (χ0n) is 14.5. The molecular formula is C17H18F2N2O5S. The highest BCUT2D eigenvalue weighted by Gasteiger charge is 2.14. The molecule has 10 heteroatoms. The minimum atomic E-state index is -3.59. The highest BCUT2D eigenvalue weighted by Crippen LogP contribution is 2.29. The predicted octanol–water partition coefficient (Wildman–Crippen LogP) is 2.13. The first-order valence-electron chi connectivity index (χ1n) is 7.70. The van der Waals surface area contributed by atoms with E-state index < -0.39 is 22.5 Å².